The third-order valence-corrected chi connectivity index (χ3v) is 3.20. The topological polar surface area (TPSA) is 30.5 Å². The molecule has 116 valence electrons. The van der Waals surface area contributed by atoms with Crippen LogP contribution in [0.4, 0.5) is 0 Å². The number of ether oxygens (including phenoxy) is 2. The monoisotopic (exact) mass is 297 g/mol. The van der Waals surface area contributed by atoms with E-state index in [0.29, 0.717) is 6.61 Å². The minimum Gasteiger partial charge on any atom is -0.493 e. The lowest BCUT2D eigenvalue weighted by molar-refractivity contribution is 0.319. The van der Waals surface area contributed by atoms with Crippen LogP contribution in [-0.2, 0) is 13.1 Å². The number of hydrogen-bond acceptors (Lipinski definition) is 3. The highest BCUT2D eigenvalue weighted by Gasteiger charge is 2.06. The maximum atomic E-state index is 5.67. The van der Waals surface area contributed by atoms with Crippen molar-refractivity contribution >= 4 is 0 Å². The third kappa shape index (κ3) is 4.93. The van der Waals surface area contributed by atoms with Gasteiger partial charge in [0.2, 0.25) is 0 Å². The third-order valence-electron chi connectivity index (χ3n) is 3.20. The standard InChI is InChI=1S/C19H23NO2/c1-15(2)14-22-18-10-9-17(11-19(18)21-3)13-20-12-16-7-5-4-6-8-16/h4-11,20H,1,12-14H2,2-3H3. The summed E-state index contributed by atoms with van der Waals surface area (Å²) < 4.78 is 11.1. The molecule has 0 aliphatic heterocycles. The molecule has 1 N–H and O–H groups in total. The van der Waals surface area contributed by atoms with Gasteiger partial charge in [0.1, 0.15) is 6.61 Å². The Hall–Kier alpha value is -2.26. The molecule has 0 heterocycles. The van der Waals surface area contributed by atoms with Gasteiger partial charge in [-0.15, -0.1) is 0 Å². The van der Waals surface area contributed by atoms with E-state index in [1.54, 1.807) is 7.11 Å². The van der Waals surface area contributed by atoms with Crippen molar-refractivity contribution < 1.29 is 9.47 Å². The summed E-state index contributed by atoms with van der Waals surface area (Å²) in [6.45, 7) is 7.91. The Bertz CT molecular complexity index is 608. The van der Waals surface area contributed by atoms with E-state index in [9.17, 15) is 0 Å². The summed E-state index contributed by atoms with van der Waals surface area (Å²) >= 11 is 0. The van der Waals surface area contributed by atoms with Gasteiger partial charge in [0.25, 0.3) is 0 Å². The molecule has 2 rings (SSSR count). The van der Waals surface area contributed by atoms with Gasteiger partial charge in [-0.1, -0.05) is 43.0 Å². The zero-order chi connectivity index (χ0) is 15.8. The van der Waals surface area contributed by atoms with Crippen molar-refractivity contribution in [2.24, 2.45) is 0 Å². The summed E-state index contributed by atoms with van der Waals surface area (Å²) in [5.74, 6) is 1.50. The summed E-state index contributed by atoms with van der Waals surface area (Å²) in [5.41, 5.74) is 3.42. The highest BCUT2D eigenvalue weighted by atomic mass is 16.5. The second-order valence-electron chi connectivity index (χ2n) is 5.32. The van der Waals surface area contributed by atoms with Gasteiger partial charge in [0.05, 0.1) is 7.11 Å². The van der Waals surface area contributed by atoms with Crippen LogP contribution >= 0.6 is 0 Å². The van der Waals surface area contributed by atoms with E-state index in [0.717, 1.165) is 35.7 Å². The minimum absolute atomic E-state index is 0.502. The van der Waals surface area contributed by atoms with Crippen LogP contribution in [0.5, 0.6) is 11.5 Å². The number of benzene rings is 2. The first-order chi connectivity index (χ1) is 10.7. The van der Waals surface area contributed by atoms with Crippen molar-refractivity contribution in [1.82, 2.24) is 5.32 Å². The summed E-state index contributed by atoms with van der Waals surface area (Å²) in [4.78, 5) is 0. The lowest BCUT2D eigenvalue weighted by Crippen LogP contribution is -2.12. The molecule has 0 aromatic heterocycles. The maximum absolute atomic E-state index is 5.67. The highest BCUT2D eigenvalue weighted by Crippen LogP contribution is 2.28. The zero-order valence-electron chi connectivity index (χ0n) is 13.3. The predicted molar refractivity (Wildman–Crippen MR) is 90.3 cm³/mol. The van der Waals surface area contributed by atoms with E-state index >= 15 is 0 Å². The molecule has 0 saturated carbocycles. The van der Waals surface area contributed by atoms with Gasteiger partial charge in [-0.25, -0.2) is 0 Å². The quantitative estimate of drug-likeness (QED) is 0.749. The van der Waals surface area contributed by atoms with Crippen molar-refractivity contribution in [3.05, 3.63) is 71.8 Å². The molecule has 2 aromatic rings. The highest BCUT2D eigenvalue weighted by molar-refractivity contribution is 5.43. The van der Waals surface area contributed by atoms with Gasteiger partial charge in [-0.05, 0) is 35.8 Å². The number of rotatable bonds is 8. The number of nitrogens with one attached hydrogen (secondary N) is 1. The van der Waals surface area contributed by atoms with Crippen LogP contribution in [0, 0.1) is 0 Å². The first kappa shape index (κ1) is 16.1. The summed E-state index contributed by atoms with van der Waals surface area (Å²) in [5, 5.41) is 3.43. The summed E-state index contributed by atoms with van der Waals surface area (Å²) in [6, 6.07) is 16.4. The Balaban J connectivity index is 1.92. The van der Waals surface area contributed by atoms with Crippen LogP contribution in [0.15, 0.2) is 60.7 Å². The number of methoxy groups -OCH3 is 1. The Morgan fingerprint density at radius 2 is 1.73 bits per heavy atom. The Kier molecular flexibility index (Phi) is 6.04. The molecule has 3 heteroatoms. The van der Waals surface area contributed by atoms with Crippen molar-refractivity contribution in [2.75, 3.05) is 13.7 Å². The SMILES string of the molecule is C=C(C)COc1ccc(CNCc2ccccc2)cc1OC. The smallest absolute Gasteiger partial charge is 0.161 e. The van der Waals surface area contributed by atoms with Crippen LogP contribution in [0.1, 0.15) is 18.1 Å². The molecule has 0 unspecified atom stereocenters. The molecule has 2 aromatic carbocycles. The van der Waals surface area contributed by atoms with Crippen LogP contribution in [0.2, 0.25) is 0 Å². The number of hydrogen-bond donors (Lipinski definition) is 1. The lowest BCUT2D eigenvalue weighted by Gasteiger charge is -2.12. The van der Waals surface area contributed by atoms with Crippen molar-refractivity contribution in [1.29, 1.82) is 0 Å². The zero-order valence-corrected chi connectivity index (χ0v) is 13.3. The fraction of sp³-hybridized carbons (Fsp3) is 0.263. The fourth-order valence-electron chi connectivity index (χ4n) is 2.09. The second-order valence-corrected chi connectivity index (χ2v) is 5.32. The van der Waals surface area contributed by atoms with Gasteiger partial charge in [-0.2, -0.15) is 0 Å². The first-order valence-electron chi connectivity index (χ1n) is 7.38. The predicted octanol–water partition coefficient (Wildman–Crippen LogP) is 3.94. The molecule has 0 fully saturated rings. The molecule has 22 heavy (non-hydrogen) atoms. The maximum Gasteiger partial charge on any atom is 0.161 e. The van der Waals surface area contributed by atoms with E-state index < -0.39 is 0 Å². The minimum atomic E-state index is 0.502. The molecule has 0 aliphatic rings. The van der Waals surface area contributed by atoms with E-state index in [4.69, 9.17) is 9.47 Å². The van der Waals surface area contributed by atoms with Gasteiger partial charge in [0, 0.05) is 13.1 Å². The van der Waals surface area contributed by atoms with Crippen molar-refractivity contribution in [2.45, 2.75) is 20.0 Å². The molecule has 0 amide bonds. The largest absolute Gasteiger partial charge is 0.493 e. The van der Waals surface area contributed by atoms with E-state index in [2.05, 4.69) is 24.0 Å². The first-order valence-corrected chi connectivity index (χ1v) is 7.38. The Morgan fingerprint density at radius 1 is 1.00 bits per heavy atom. The summed E-state index contributed by atoms with van der Waals surface area (Å²) in [7, 11) is 1.66. The molecule has 0 bridgehead atoms. The molecule has 3 nitrogen and oxygen atoms in total. The lowest BCUT2D eigenvalue weighted by atomic mass is 10.2. The van der Waals surface area contributed by atoms with Crippen molar-refractivity contribution in [3.8, 4) is 11.5 Å². The molecular weight excluding hydrogens is 274 g/mol. The average Bonchev–Trinajstić information content (AvgIpc) is 2.54. The average molecular weight is 297 g/mol. The second kappa shape index (κ2) is 8.25. The summed E-state index contributed by atoms with van der Waals surface area (Å²) in [6.07, 6.45) is 0. The van der Waals surface area contributed by atoms with Crippen molar-refractivity contribution in [3.63, 3.8) is 0 Å². The van der Waals surface area contributed by atoms with E-state index in [1.165, 1.54) is 5.56 Å². The Morgan fingerprint density at radius 3 is 2.41 bits per heavy atom. The van der Waals surface area contributed by atoms with Crippen LogP contribution in [-0.4, -0.2) is 13.7 Å². The molecule has 0 spiro atoms. The molecule has 0 radical (unpaired) electrons. The molecule has 0 atom stereocenters. The van der Waals surface area contributed by atoms with E-state index in [-0.39, 0.29) is 0 Å². The fourth-order valence-corrected chi connectivity index (χ4v) is 2.09. The normalized spacial score (nSPS) is 10.3. The van der Waals surface area contributed by atoms with Crippen LogP contribution in [0.25, 0.3) is 0 Å². The molecule has 0 saturated heterocycles. The van der Waals surface area contributed by atoms with Crippen LogP contribution < -0.4 is 14.8 Å². The molecule has 0 aliphatic carbocycles. The van der Waals surface area contributed by atoms with Gasteiger partial charge < -0.3 is 14.8 Å². The van der Waals surface area contributed by atoms with Gasteiger partial charge >= 0.3 is 0 Å². The van der Waals surface area contributed by atoms with Crippen LogP contribution in [0.3, 0.4) is 0 Å². The van der Waals surface area contributed by atoms with Gasteiger partial charge in [-0.3, -0.25) is 0 Å². The Labute approximate surface area is 132 Å². The van der Waals surface area contributed by atoms with E-state index in [1.807, 2.05) is 43.3 Å². The molecular formula is C19H23NO2. The van der Waals surface area contributed by atoms with Gasteiger partial charge in [0.15, 0.2) is 11.5 Å².